The van der Waals surface area contributed by atoms with Gasteiger partial charge in [-0.05, 0) is 30.7 Å². The van der Waals surface area contributed by atoms with Crippen molar-refractivity contribution in [3.8, 4) is 11.4 Å². The molecule has 1 atom stereocenters. The number of aromatic nitrogens is 3. The van der Waals surface area contributed by atoms with Gasteiger partial charge >= 0.3 is 0 Å². The summed E-state index contributed by atoms with van der Waals surface area (Å²) in [4.78, 5) is 17.1. The van der Waals surface area contributed by atoms with Crippen LogP contribution in [0, 0.1) is 6.92 Å². The van der Waals surface area contributed by atoms with Crippen molar-refractivity contribution in [2.45, 2.75) is 19.1 Å². The largest absolute Gasteiger partial charge is 0.382 e. The monoisotopic (exact) mass is 383 g/mol. The highest BCUT2D eigenvalue weighted by atomic mass is 16.6. The van der Waals surface area contributed by atoms with E-state index in [0.29, 0.717) is 18.8 Å². The zero-order valence-electron chi connectivity index (χ0n) is 16.6. The third-order valence-corrected chi connectivity index (χ3v) is 5.12. The number of pyridine rings is 1. The lowest BCUT2D eigenvalue weighted by atomic mass is 10.1. The van der Waals surface area contributed by atoms with Crippen LogP contribution in [-0.4, -0.2) is 48.2 Å². The molecule has 2 aromatic heterocycles. The SMILES string of the molecule is COCC(COC)n1c(-c2cc(C)c(=O)n(C)c2)nc2cc(C3CO3)ccc21. The predicted molar refractivity (Wildman–Crippen MR) is 107 cm³/mol. The van der Waals surface area contributed by atoms with Crippen LogP contribution in [0.5, 0.6) is 0 Å². The van der Waals surface area contributed by atoms with Crippen molar-refractivity contribution in [1.82, 2.24) is 14.1 Å². The van der Waals surface area contributed by atoms with Crippen LogP contribution in [0.3, 0.4) is 0 Å². The van der Waals surface area contributed by atoms with Crippen molar-refractivity contribution in [2.75, 3.05) is 34.0 Å². The van der Waals surface area contributed by atoms with Crippen LogP contribution in [0.2, 0.25) is 0 Å². The summed E-state index contributed by atoms with van der Waals surface area (Å²) in [6.07, 6.45) is 2.00. The number of imidazole rings is 1. The van der Waals surface area contributed by atoms with Crippen molar-refractivity contribution in [3.63, 3.8) is 0 Å². The fourth-order valence-electron chi connectivity index (χ4n) is 3.71. The van der Waals surface area contributed by atoms with Gasteiger partial charge in [-0.15, -0.1) is 0 Å². The maximum absolute atomic E-state index is 12.2. The van der Waals surface area contributed by atoms with Crippen molar-refractivity contribution < 1.29 is 14.2 Å². The van der Waals surface area contributed by atoms with Gasteiger partial charge in [0.25, 0.3) is 5.56 Å². The van der Waals surface area contributed by atoms with Gasteiger partial charge in [-0.3, -0.25) is 4.79 Å². The van der Waals surface area contributed by atoms with E-state index in [9.17, 15) is 4.79 Å². The summed E-state index contributed by atoms with van der Waals surface area (Å²) in [6.45, 7) is 3.56. The first-order chi connectivity index (χ1) is 13.5. The standard InChI is InChI=1S/C21H25N3O4/c1-13-7-15(9-23(2)21(13)25)20-22-17-8-14(19-12-28-19)5-6-18(17)24(20)16(10-26-3)11-27-4/h5-9,16,19H,10-12H2,1-4H3. The van der Waals surface area contributed by atoms with Gasteiger partial charge in [0.1, 0.15) is 11.9 Å². The Hall–Kier alpha value is -2.48. The highest BCUT2D eigenvalue weighted by Gasteiger charge is 2.27. The first-order valence-corrected chi connectivity index (χ1v) is 9.32. The molecule has 0 aliphatic carbocycles. The summed E-state index contributed by atoms with van der Waals surface area (Å²) in [5, 5.41) is 0. The lowest BCUT2D eigenvalue weighted by Crippen LogP contribution is -2.22. The zero-order chi connectivity index (χ0) is 19.8. The van der Waals surface area contributed by atoms with Crippen molar-refractivity contribution >= 4 is 11.0 Å². The van der Waals surface area contributed by atoms with E-state index in [1.165, 1.54) is 0 Å². The minimum atomic E-state index is -0.0458. The minimum Gasteiger partial charge on any atom is -0.382 e. The molecule has 0 radical (unpaired) electrons. The van der Waals surface area contributed by atoms with E-state index in [4.69, 9.17) is 19.2 Å². The number of epoxide rings is 1. The number of ether oxygens (including phenoxy) is 3. The van der Waals surface area contributed by atoms with Gasteiger partial charge in [0, 0.05) is 38.6 Å². The molecule has 1 aromatic carbocycles. The van der Waals surface area contributed by atoms with Gasteiger partial charge in [0.2, 0.25) is 0 Å². The summed E-state index contributed by atoms with van der Waals surface area (Å²) in [5.74, 6) is 0.793. The Morgan fingerprint density at radius 2 is 1.96 bits per heavy atom. The quantitative estimate of drug-likeness (QED) is 0.587. The van der Waals surface area contributed by atoms with Crippen molar-refractivity contribution in [2.24, 2.45) is 7.05 Å². The van der Waals surface area contributed by atoms with Gasteiger partial charge in [-0.2, -0.15) is 0 Å². The van der Waals surface area contributed by atoms with Crippen LogP contribution in [0.15, 0.2) is 35.3 Å². The molecule has 7 nitrogen and oxygen atoms in total. The number of fused-ring (bicyclic) bond motifs is 1. The summed E-state index contributed by atoms with van der Waals surface area (Å²) in [5.41, 5.74) is 4.59. The van der Waals surface area contributed by atoms with Gasteiger partial charge in [-0.25, -0.2) is 4.98 Å². The number of aryl methyl sites for hydroxylation is 2. The molecule has 0 spiro atoms. The number of rotatable bonds is 7. The third kappa shape index (κ3) is 3.37. The molecule has 0 amide bonds. The molecule has 1 aliphatic rings. The normalized spacial score (nSPS) is 16.2. The third-order valence-electron chi connectivity index (χ3n) is 5.12. The van der Waals surface area contributed by atoms with E-state index in [1.807, 2.05) is 19.2 Å². The fraction of sp³-hybridized carbons (Fsp3) is 0.429. The molecule has 3 heterocycles. The summed E-state index contributed by atoms with van der Waals surface area (Å²) < 4.78 is 20.1. The molecule has 4 rings (SSSR count). The smallest absolute Gasteiger partial charge is 0.253 e. The van der Waals surface area contributed by atoms with Crippen LogP contribution >= 0.6 is 0 Å². The van der Waals surface area contributed by atoms with Crippen LogP contribution in [0.1, 0.15) is 23.3 Å². The lowest BCUT2D eigenvalue weighted by molar-refractivity contribution is 0.0918. The highest BCUT2D eigenvalue weighted by molar-refractivity contribution is 5.81. The molecule has 28 heavy (non-hydrogen) atoms. The van der Waals surface area contributed by atoms with Crippen LogP contribution in [0.4, 0.5) is 0 Å². The molecule has 148 valence electrons. The molecule has 0 N–H and O–H groups in total. The topological polar surface area (TPSA) is 70.8 Å². The summed E-state index contributed by atoms with van der Waals surface area (Å²) in [7, 11) is 5.12. The Kier molecular flexibility index (Phi) is 5.05. The molecule has 0 bridgehead atoms. The van der Waals surface area contributed by atoms with E-state index in [-0.39, 0.29) is 17.7 Å². The molecule has 3 aromatic rings. The van der Waals surface area contributed by atoms with E-state index in [0.717, 1.165) is 34.6 Å². The van der Waals surface area contributed by atoms with E-state index in [2.05, 4.69) is 22.8 Å². The van der Waals surface area contributed by atoms with Crippen LogP contribution < -0.4 is 5.56 Å². The summed E-state index contributed by atoms with van der Waals surface area (Å²) >= 11 is 0. The van der Waals surface area contributed by atoms with Gasteiger partial charge in [0.05, 0.1) is 36.9 Å². The van der Waals surface area contributed by atoms with Gasteiger partial charge in [-0.1, -0.05) is 6.07 Å². The molecule has 1 saturated heterocycles. The Labute approximate surface area is 163 Å². The van der Waals surface area contributed by atoms with Gasteiger partial charge < -0.3 is 23.3 Å². The Bertz CT molecular complexity index is 1030. The van der Waals surface area contributed by atoms with E-state index in [1.54, 1.807) is 25.8 Å². The molecule has 1 unspecified atom stereocenters. The second kappa shape index (κ2) is 7.50. The number of benzene rings is 1. The molecule has 0 saturated carbocycles. The van der Waals surface area contributed by atoms with Crippen LogP contribution in [-0.2, 0) is 21.3 Å². The second-order valence-electron chi connectivity index (χ2n) is 7.27. The minimum absolute atomic E-state index is 0.00934. The maximum atomic E-state index is 12.2. The maximum Gasteiger partial charge on any atom is 0.253 e. The second-order valence-corrected chi connectivity index (χ2v) is 7.27. The molecular formula is C21H25N3O4. The number of hydrogen-bond donors (Lipinski definition) is 0. The first-order valence-electron chi connectivity index (χ1n) is 9.32. The van der Waals surface area contributed by atoms with E-state index < -0.39 is 0 Å². The number of nitrogens with zero attached hydrogens (tertiary/aromatic N) is 3. The van der Waals surface area contributed by atoms with Gasteiger partial charge in [0.15, 0.2) is 0 Å². The average molecular weight is 383 g/mol. The Balaban J connectivity index is 1.94. The molecule has 7 heteroatoms. The first kappa shape index (κ1) is 18.9. The fourth-order valence-corrected chi connectivity index (χ4v) is 3.71. The lowest BCUT2D eigenvalue weighted by Gasteiger charge is -2.21. The molecular weight excluding hydrogens is 358 g/mol. The van der Waals surface area contributed by atoms with Crippen molar-refractivity contribution in [3.05, 3.63) is 51.9 Å². The summed E-state index contributed by atoms with van der Waals surface area (Å²) in [6, 6.07) is 8.09. The van der Waals surface area contributed by atoms with E-state index >= 15 is 0 Å². The molecule has 1 aliphatic heterocycles. The predicted octanol–water partition coefficient (Wildman–Crippen LogP) is 2.62. The number of hydrogen-bond acceptors (Lipinski definition) is 5. The van der Waals surface area contributed by atoms with Crippen molar-refractivity contribution in [1.29, 1.82) is 0 Å². The number of methoxy groups -OCH3 is 2. The average Bonchev–Trinajstić information content (AvgIpc) is 3.45. The Morgan fingerprint density at radius 1 is 1.25 bits per heavy atom. The Morgan fingerprint density at radius 3 is 2.57 bits per heavy atom. The van der Waals surface area contributed by atoms with Crippen LogP contribution in [0.25, 0.3) is 22.4 Å². The highest BCUT2D eigenvalue weighted by Crippen LogP contribution is 2.34. The zero-order valence-corrected chi connectivity index (χ0v) is 16.6. The molecule has 1 fully saturated rings.